The van der Waals surface area contributed by atoms with E-state index in [0.29, 0.717) is 4.88 Å². The number of carbonyl (C=O) groups excluding carboxylic acids is 1. The summed E-state index contributed by atoms with van der Waals surface area (Å²) in [6, 6.07) is 5.55. The van der Waals surface area contributed by atoms with Gasteiger partial charge in [-0.25, -0.2) is 4.98 Å². The first-order valence-corrected chi connectivity index (χ1v) is 6.18. The van der Waals surface area contributed by atoms with Gasteiger partial charge in [-0.3, -0.25) is 9.78 Å². The van der Waals surface area contributed by atoms with Crippen molar-refractivity contribution >= 4 is 17.2 Å². The molecule has 0 aromatic carbocycles. The van der Waals surface area contributed by atoms with Crippen LogP contribution < -0.4 is 5.32 Å². The molecule has 0 aliphatic heterocycles. The zero-order valence-corrected chi connectivity index (χ0v) is 10.5. The monoisotopic (exact) mass is 247 g/mol. The van der Waals surface area contributed by atoms with Crippen LogP contribution in [-0.4, -0.2) is 15.9 Å². The summed E-state index contributed by atoms with van der Waals surface area (Å²) in [6.45, 7) is 3.74. The van der Waals surface area contributed by atoms with Crippen molar-refractivity contribution in [3.63, 3.8) is 0 Å². The average molecular weight is 247 g/mol. The van der Waals surface area contributed by atoms with Crippen LogP contribution in [0.5, 0.6) is 0 Å². The van der Waals surface area contributed by atoms with E-state index >= 15 is 0 Å². The summed E-state index contributed by atoms with van der Waals surface area (Å²) in [5.41, 5.74) is 3.29. The molecule has 0 unspecified atom stereocenters. The van der Waals surface area contributed by atoms with E-state index in [-0.39, 0.29) is 11.9 Å². The van der Waals surface area contributed by atoms with Crippen molar-refractivity contribution in [2.75, 3.05) is 0 Å². The van der Waals surface area contributed by atoms with Crippen molar-refractivity contribution in [2.24, 2.45) is 0 Å². The normalized spacial score (nSPS) is 12.1. The Kier molecular flexibility index (Phi) is 3.49. The van der Waals surface area contributed by atoms with Gasteiger partial charge in [0.15, 0.2) is 0 Å². The molecule has 0 saturated carbocycles. The average Bonchev–Trinajstić information content (AvgIpc) is 2.76. The van der Waals surface area contributed by atoms with Crippen molar-refractivity contribution in [3.8, 4) is 0 Å². The van der Waals surface area contributed by atoms with Gasteiger partial charge in [0.1, 0.15) is 4.88 Å². The molecule has 0 aliphatic carbocycles. The lowest BCUT2D eigenvalue weighted by atomic mass is 10.2. The Bertz CT molecular complexity index is 509. The van der Waals surface area contributed by atoms with Crippen molar-refractivity contribution in [2.45, 2.75) is 19.9 Å². The topological polar surface area (TPSA) is 54.9 Å². The molecule has 1 amide bonds. The van der Waals surface area contributed by atoms with Crippen LogP contribution in [0.3, 0.4) is 0 Å². The molecular weight excluding hydrogens is 234 g/mol. The SMILES string of the molecule is Cc1ncsc1C(=O)N[C@H](C)c1ccccn1. The number of aryl methyl sites for hydroxylation is 1. The fourth-order valence-electron chi connectivity index (χ4n) is 1.49. The largest absolute Gasteiger partial charge is 0.343 e. The van der Waals surface area contributed by atoms with Gasteiger partial charge < -0.3 is 5.32 Å². The van der Waals surface area contributed by atoms with Crippen LogP contribution in [0.1, 0.15) is 34.0 Å². The van der Waals surface area contributed by atoms with E-state index in [0.717, 1.165) is 11.4 Å². The molecule has 1 N–H and O–H groups in total. The van der Waals surface area contributed by atoms with Crippen LogP contribution in [0, 0.1) is 6.92 Å². The van der Waals surface area contributed by atoms with E-state index in [2.05, 4.69) is 15.3 Å². The Morgan fingerprint density at radius 2 is 2.24 bits per heavy atom. The van der Waals surface area contributed by atoms with Gasteiger partial charge in [-0.15, -0.1) is 11.3 Å². The first kappa shape index (κ1) is 11.7. The molecule has 0 spiro atoms. The summed E-state index contributed by atoms with van der Waals surface area (Å²) in [5.74, 6) is -0.0943. The molecule has 0 saturated heterocycles. The molecule has 5 heteroatoms. The van der Waals surface area contributed by atoms with Gasteiger partial charge in [-0.1, -0.05) is 6.07 Å². The number of thiazole rings is 1. The van der Waals surface area contributed by atoms with E-state index in [1.54, 1.807) is 11.7 Å². The van der Waals surface area contributed by atoms with Gasteiger partial charge in [-0.05, 0) is 26.0 Å². The standard InChI is InChI=1S/C12H13N3OS/c1-8(10-5-3-4-6-13-10)15-12(16)11-9(2)14-7-17-11/h3-8H,1-2H3,(H,15,16)/t8-/m1/s1. The molecule has 0 aliphatic rings. The summed E-state index contributed by atoms with van der Waals surface area (Å²) in [6.07, 6.45) is 1.72. The van der Waals surface area contributed by atoms with Crippen molar-refractivity contribution in [1.29, 1.82) is 0 Å². The maximum atomic E-state index is 11.9. The van der Waals surface area contributed by atoms with Crippen LogP contribution in [0.25, 0.3) is 0 Å². The Morgan fingerprint density at radius 1 is 1.41 bits per heavy atom. The smallest absolute Gasteiger partial charge is 0.263 e. The van der Waals surface area contributed by atoms with Crippen molar-refractivity contribution in [3.05, 3.63) is 46.2 Å². The Hall–Kier alpha value is -1.75. The van der Waals surface area contributed by atoms with E-state index in [4.69, 9.17) is 0 Å². The molecule has 2 aromatic heterocycles. The minimum Gasteiger partial charge on any atom is -0.343 e. The van der Waals surface area contributed by atoms with Crippen LogP contribution in [-0.2, 0) is 0 Å². The molecule has 2 aromatic rings. The summed E-state index contributed by atoms with van der Waals surface area (Å²) >= 11 is 1.35. The zero-order chi connectivity index (χ0) is 12.3. The summed E-state index contributed by atoms with van der Waals surface area (Å²) in [7, 11) is 0. The Balaban J connectivity index is 2.08. The van der Waals surface area contributed by atoms with E-state index in [1.807, 2.05) is 32.0 Å². The lowest BCUT2D eigenvalue weighted by molar-refractivity contribution is 0.0942. The number of amides is 1. The second-order valence-corrected chi connectivity index (χ2v) is 4.57. The maximum Gasteiger partial charge on any atom is 0.263 e. The second kappa shape index (κ2) is 5.05. The number of nitrogens with one attached hydrogen (secondary N) is 1. The van der Waals surface area contributed by atoms with E-state index < -0.39 is 0 Å². The third-order valence-corrected chi connectivity index (χ3v) is 3.36. The summed E-state index contributed by atoms with van der Waals surface area (Å²) in [5, 5.41) is 2.91. The first-order chi connectivity index (χ1) is 8.18. The van der Waals surface area contributed by atoms with Gasteiger partial charge in [0.2, 0.25) is 0 Å². The molecule has 17 heavy (non-hydrogen) atoms. The van der Waals surface area contributed by atoms with E-state index in [9.17, 15) is 4.79 Å². The van der Waals surface area contributed by atoms with Crippen molar-refractivity contribution < 1.29 is 4.79 Å². The summed E-state index contributed by atoms with van der Waals surface area (Å²) in [4.78, 5) is 20.9. The quantitative estimate of drug-likeness (QED) is 0.905. The molecule has 2 heterocycles. The number of aromatic nitrogens is 2. The zero-order valence-electron chi connectivity index (χ0n) is 9.68. The van der Waals surface area contributed by atoms with Gasteiger partial charge in [-0.2, -0.15) is 0 Å². The highest BCUT2D eigenvalue weighted by Crippen LogP contribution is 2.14. The highest BCUT2D eigenvalue weighted by molar-refractivity contribution is 7.11. The molecule has 0 radical (unpaired) electrons. The number of rotatable bonds is 3. The molecule has 2 rings (SSSR count). The Labute approximate surface area is 104 Å². The number of nitrogens with zero attached hydrogens (tertiary/aromatic N) is 2. The van der Waals surface area contributed by atoms with Crippen molar-refractivity contribution in [1.82, 2.24) is 15.3 Å². The predicted octanol–water partition coefficient (Wildman–Crippen LogP) is 2.34. The summed E-state index contributed by atoms with van der Waals surface area (Å²) < 4.78 is 0. The number of pyridine rings is 1. The number of hydrogen-bond acceptors (Lipinski definition) is 4. The van der Waals surface area contributed by atoms with Crippen LogP contribution in [0.4, 0.5) is 0 Å². The highest BCUT2D eigenvalue weighted by Gasteiger charge is 2.15. The third kappa shape index (κ3) is 2.68. The Morgan fingerprint density at radius 3 is 2.82 bits per heavy atom. The first-order valence-electron chi connectivity index (χ1n) is 5.30. The maximum absolute atomic E-state index is 11.9. The molecular formula is C12H13N3OS. The minimum absolute atomic E-state index is 0.0943. The number of hydrogen-bond donors (Lipinski definition) is 1. The highest BCUT2D eigenvalue weighted by atomic mass is 32.1. The molecule has 4 nitrogen and oxygen atoms in total. The van der Waals surface area contributed by atoms with Gasteiger partial charge in [0.25, 0.3) is 5.91 Å². The predicted molar refractivity (Wildman–Crippen MR) is 67.0 cm³/mol. The van der Waals surface area contributed by atoms with E-state index in [1.165, 1.54) is 11.3 Å². The van der Waals surface area contributed by atoms with Gasteiger partial charge in [0, 0.05) is 6.20 Å². The van der Waals surface area contributed by atoms with Gasteiger partial charge in [0.05, 0.1) is 22.9 Å². The fourth-order valence-corrected chi connectivity index (χ4v) is 2.19. The van der Waals surface area contributed by atoms with Crippen LogP contribution in [0.2, 0.25) is 0 Å². The fraction of sp³-hybridized carbons (Fsp3) is 0.250. The molecule has 88 valence electrons. The lowest BCUT2D eigenvalue weighted by Crippen LogP contribution is -2.27. The molecule has 0 fully saturated rings. The molecule has 0 bridgehead atoms. The molecule has 1 atom stereocenters. The number of carbonyl (C=O) groups is 1. The second-order valence-electron chi connectivity index (χ2n) is 3.72. The van der Waals surface area contributed by atoms with Crippen LogP contribution >= 0.6 is 11.3 Å². The van der Waals surface area contributed by atoms with Crippen LogP contribution in [0.15, 0.2) is 29.9 Å². The third-order valence-electron chi connectivity index (χ3n) is 2.43. The lowest BCUT2D eigenvalue weighted by Gasteiger charge is -2.12. The van der Waals surface area contributed by atoms with Gasteiger partial charge >= 0.3 is 0 Å². The minimum atomic E-state index is -0.106.